The van der Waals surface area contributed by atoms with E-state index in [2.05, 4.69) is 21.2 Å². The summed E-state index contributed by atoms with van der Waals surface area (Å²) in [5.41, 5.74) is 0.558. The van der Waals surface area contributed by atoms with Crippen molar-refractivity contribution in [2.75, 3.05) is 0 Å². The summed E-state index contributed by atoms with van der Waals surface area (Å²) in [6.45, 7) is 2.17. The first kappa shape index (κ1) is 15.5. The minimum atomic E-state index is -0.596. The first-order valence-corrected chi connectivity index (χ1v) is 7.88. The van der Waals surface area contributed by atoms with Crippen molar-refractivity contribution in [2.45, 2.75) is 19.6 Å². The van der Waals surface area contributed by atoms with Gasteiger partial charge in [0.2, 0.25) is 0 Å². The summed E-state index contributed by atoms with van der Waals surface area (Å²) in [5, 5.41) is 11.5. The minimum Gasteiger partial charge on any atom is -0.481 e. The van der Waals surface area contributed by atoms with Crippen molar-refractivity contribution in [2.24, 2.45) is 0 Å². The number of nitriles is 1. The number of hydrogen-bond acceptors (Lipinski definition) is 4. The van der Waals surface area contributed by atoms with Gasteiger partial charge in [-0.05, 0) is 59.3 Å². The van der Waals surface area contributed by atoms with Gasteiger partial charge in [-0.3, -0.25) is 4.79 Å². The number of ether oxygens (including phenoxy) is 1. The highest BCUT2D eigenvalue weighted by Crippen LogP contribution is 2.21. The lowest BCUT2D eigenvalue weighted by molar-refractivity contribution is -0.127. The zero-order chi connectivity index (χ0) is 15.2. The number of benzene rings is 1. The molecule has 0 saturated heterocycles. The third-order valence-corrected chi connectivity index (χ3v) is 4.35. The third kappa shape index (κ3) is 4.59. The Labute approximate surface area is 135 Å². The molecule has 21 heavy (non-hydrogen) atoms. The Morgan fingerprint density at radius 2 is 2.10 bits per heavy atom. The average Bonchev–Trinajstić information content (AvgIpc) is 2.91. The molecule has 2 rings (SSSR count). The Morgan fingerprint density at radius 3 is 2.67 bits per heavy atom. The van der Waals surface area contributed by atoms with E-state index in [-0.39, 0.29) is 5.91 Å². The molecule has 1 unspecified atom stereocenters. The molecular weight excluding hydrogens is 352 g/mol. The van der Waals surface area contributed by atoms with Gasteiger partial charge in [0.05, 0.1) is 22.0 Å². The monoisotopic (exact) mass is 364 g/mol. The molecule has 0 spiro atoms. The van der Waals surface area contributed by atoms with Crippen LogP contribution in [0.4, 0.5) is 0 Å². The molecule has 108 valence electrons. The van der Waals surface area contributed by atoms with E-state index in [0.717, 1.165) is 8.66 Å². The van der Waals surface area contributed by atoms with Gasteiger partial charge in [0, 0.05) is 4.88 Å². The zero-order valence-electron chi connectivity index (χ0n) is 11.3. The van der Waals surface area contributed by atoms with Gasteiger partial charge in [-0.25, -0.2) is 0 Å². The van der Waals surface area contributed by atoms with E-state index in [1.54, 1.807) is 42.5 Å². The summed E-state index contributed by atoms with van der Waals surface area (Å²) in [4.78, 5) is 13.0. The molecule has 6 heteroatoms. The number of nitrogens with one attached hydrogen (secondary N) is 1. The summed E-state index contributed by atoms with van der Waals surface area (Å²) >= 11 is 4.96. The molecule has 0 aliphatic rings. The van der Waals surface area contributed by atoms with Gasteiger partial charge >= 0.3 is 0 Å². The molecule has 0 saturated carbocycles. The topological polar surface area (TPSA) is 62.1 Å². The van der Waals surface area contributed by atoms with E-state index >= 15 is 0 Å². The Balaban J connectivity index is 1.85. The van der Waals surface area contributed by atoms with Crippen molar-refractivity contribution in [3.05, 3.63) is 50.6 Å². The van der Waals surface area contributed by atoms with Crippen LogP contribution in [0.5, 0.6) is 5.75 Å². The molecule has 1 amide bonds. The molecule has 0 radical (unpaired) electrons. The van der Waals surface area contributed by atoms with Gasteiger partial charge in [0.15, 0.2) is 6.10 Å². The molecular formula is C15H13BrN2O2S. The summed E-state index contributed by atoms with van der Waals surface area (Å²) < 4.78 is 6.58. The lowest BCUT2D eigenvalue weighted by atomic mass is 10.2. The van der Waals surface area contributed by atoms with Crippen LogP contribution in [0.1, 0.15) is 17.4 Å². The van der Waals surface area contributed by atoms with Crippen LogP contribution in [0.2, 0.25) is 0 Å². The smallest absolute Gasteiger partial charge is 0.261 e. The van der Waals surface area contributed by atoms with E-state index in [1.807, 2.05) is 18.2 Å². The maximum Gasteiger partial charge on any atom is 0.261 e. The molecule has 1 heterocycles. The second-order valence-electron chi connectivity index (χ2n) is 4.32. The molecule has 0 aliphatic heterocycles. The summed E-state index contributed by atoms with van der Waals surface area (Å²) in [6.07, 6.45) is -0.596. The Bertz CT molecular complexity index is 661. The summed E-state index contributed by atoms with van der Waals surface area (Å²) in [6, 6.07) is 12.6. The highest BCUT2D eigenvalue weighted by Gasteiger charge is 2.14. The maximum absolute atomic E-state index is 12.0. The Kier molecular flexibility index (Phi) is 5.37. The number of carbonyl (C=O) groups is 1. The fourth-order valence-electron chi connectivity index (χ4n) is 1.63. The quantitative estimate of drug-likeness (QED) is 0.883. The number of halogens is 1. The van der Waals surface area contributed by atoms with Crippen LogP contribution in [-0.4, -0.2) is 12.0 Å². The molecule has 4 nitrogen and oxygen atoms in total. The first-order valence-electron chi connectivity index (χ1n) is 6.27. The van der Waals surface area contributed by atoms with Crippen LogP contribution < -0.4 is 10.1 Å². The summed E-state index contributed by atoms with van der Waals surface area (Å²) in [7, 11) is 0. The molecule has 1 aromatic carbocycles. The van der Waals surface area contributed by atoms with Crippen molar-refractivity contribution >= 4 is 33.2 Å². The second-order valence-corrected chi connectivity index (χ2v) is 6.87. The van der Waals surface area contributed by atoms with Crippen LogP contribution in [0.25, 0.3) is 0 Å². The predicted octanol–water partition coefficient (Wildman–Crippen LogP) is 3.47. The lowest BCUT2D eigenvalue weighted by Gasteiger charge is -2.14. The van der Waals surface area contributed by atoms with Gasteiger partial charge in [-0.1, -0.05) is 0 Å². The van der Waals surface area contributed by atoms with Gasteiger partial charge in [-0.15, -0.1) is 11.3 Å². The zero-order valence-corrected chi connectivity index (χ0v) is 13.7. The van der Waals surface area contributed by atoms with Crippen LogP contribution in [-0.2, 0) is 11.3 Å². The first-order chi connectivity index (χ1) is 10.1. The average molecular weight is 365 g/mol. The van der Waals surface area contributed by atoms with Crippen molar-refractivity contribution < 1.29 is 9.53 Å². The van der Waals surface area contributed by atoms with E-state index in [9.17, 15) is 4.79 Å². The number of hydrogen-bond donors (Lipinski definition) is 1. The van der Waals surface area contributed by atoms with Crippen LogP contribution >= 0.6 is 27.3 Å². The largest absolute Gasteiger partial charge is 0.481 e. The van der Waals surface area contributed by atoms with Gasteiger partial charge in [-0.2, -0.15) is 5.26 Å². The lowest BCUT2D eigenvalue weighted by Crippen LogP contribution is -2.35. The molecule has 1 N–H and O–H groups in total. The van der Waals surface area contributed by atoms with Crippen molar-refractivity contribution in [3.8, 4) is 11.8 Å². The van der Waals surface area contributed by atoms with Crippen LogP contribution in [0.15, 0.2) is 40.2 Å². The third-order valence-electron chi connectivity index (χ3n) is 2.73. The highest BCUT2D eigenvalue weighted by atomic mass is 79.9. The Morgan fingerprint density at radius 1 is 1.38 bits per heavy atom. The van der Waals surface area contributed by atoms with E-state index in [1.165, 1.54) is 0 Å². The molecule has 1 aromatic heterocycles. The van der Waals surface area contributed by atoms with E-state index in [0.29, 0.717) is 17.9 Å². The number of amides is 1. The molecule has 2 aromatic rings. The second kappa shape index (κ2) is 7.25. The molecule has 1 atom stereocenters. The highest BCUT2D eigenvalue weighted by molar-refractivity contribution is 9.11. The van der Waals surface area contributed by atoms with Crippen molar-refractivity contribution in [3.63, 3.8) is 0 Å². The summed E-state index contributed by atoms with van der Waals surface area (Å²) in [5.74, 6) is 0.388. The molecule has 0 fully saturated rings. The minimum absolute atomic E-state index is 0.177. The SMILES string of the molecule is CC(Oc1ccc(C#N)cc1)C(=O)NCc1ccc(Br)s1. The van der Waals surface area contributed by atoms with Crippen LogP contribution in [0.3, 0.4) is 0 Å². The number of rotatable bonds is 5. The van der Waals surface area contributed by atoms with E-state index in [4.69, 9.17) is 10.00 Å². The van der Waals surface area contributed by atoms with Gasteiger partial charge in [0.1, 0.15) is 5.75 Å². The fourth-order valence-corrected chi connectivity index (χ4v) is 3.05. The maximum atomic E-state index is 12.0. The molecule has 0 bridgehead atoms. The number of nitrogens with zero attached hydrogens (tertiary/aromatic N) is 1. The predicted molar refractivity (Wildman–Crippen MR) is 85.1 cm³/mol. The van der Waals surface area contributed by atoms with Gasteiger partial charge < -0.3 is 10.1 Å². The van der Waals surface area contributed by atoms with Gasteiger partial charge in [0.25, 0.3) is 5.91 Å². The fraction of sp³-hybridized carbons (Fsp3) is 0.200. The van der Waals surface area contributed by atoms with E-state index < -0.39 is 6.10 Å². The van der Waals surface area contributed by atoms with Crippen molar-refractivity contribution in [1.82, 2.24) is 5.32 Å². The Hall–Kier alpha value is -1.84. The normalized spacial score (nSPS) is 11.5. The standard InChI is InChI=1S/C15H13BrN2O2S/c1-10(20-12-4-2-11(8-17)3-5-12)15(19)18-9-13-6-7-14(16)21-13/h2-7,10H,9H2,1H3,(H,18,19). The van der Waals surface area contributed by atoms with Crippen LogP contribution in [0, 0.1) is 11.3 Å². The van der Waals surface area contributed by atoms with Crippen molar-refractivity contribution in [1.29, 1.82) is 5.26 Å². The molecule has 0 aliphatic carbocycles. The number of thiophene rings is 1. The number of carbonyl (C=O) groups excluding carboxylic acids is 1.